The van der Waals surface area contributed by atoms with Gasteiger partial charge in [-0.1, -0.05) is 19.9 Å². The van der Waals surface area contributed by atoms with Gasteiger partial charge in [0.1, 0.15) is 12.4 Å². The Morgan fingerprint density at radius 2 is 2.09 bits per heavy atom. The van der Waals surface area contributed by atoms with Crippen molar-refractivity contribution in [2.24, 2.45) is 5.92 Å². The molecule has 0 radical (unpaired) electrons. The van der Waals surface area contributed by atoms with E-state index in [0.29, 0.717) is 5.69 Å². The van der Waals surface area contributed by atoms with Gasteiger partial charge in [0.05, 0.1) is 10.6 Å². The smallest absolute Gasteiger partial charge is 0.322 e. The van der Waals surface area contributed by atoms with Crippen LogP contribution in [0.3, 0.4) is 0 Å². The maximum Gasteiger partial charge on any atom is 0.322 e. The van der Waals surface area contributed by atoms with Crippen LogP contribution in [0.4, 0.5) is 0 Å². The summed E-state index contributed by atoms with van der Waals surface area (Å²) in [7, 11) is -3.98. The van der Waals surface area contributed by atoms with Gasteiger partial charge in [-0.15, -0.1) is 5.10 Å². The minimum Gasteiger partial charge on any atom is -0.480 e. The number of sulfonamides is 1. The van der Waals surface area contributed by atoms with Gasteiger partial charge >= 0.3 is 5.97 Å². The summed E-state index contributed by atoms with van der Waals surface area (Å²) in [6, 6.07) is 4.68. The molecule has 0 bridgehead atoms. The zero-order valence-electron chi connectivity index (χ0n) is 11.9. The van der Waals surface area contributed by atoms with E-state index in [9.17, 15) is 13.2 Å². The molecule has 1 aromatic heterocycles. The van der Waals surface area contributed by atoms with Crippen LogP contribution < -0.4 is 4.72 Å². The van der Waals surface area contributed by atoms with E-state index in [0.717, 1.165) is 0 Å². The van der Waals surface area contributed by atoms with Crippen molar-refractivity contribution in [1.29, 1.82) is 0 Å². The first-order valence-corrected chi connectivity index (χ1v) is 7.88. The van der Waals surface area contributed by atoms with Crippen LogP contribution in [-0.2, 0) is 14.8 Å². The van der Waals surface area contributed by atoms with E-state index < -0.39 is 28.0 Å². The lowest BCUT2D eigenvalue weighted by atomic mass is 10.1. The van der Waals surface area contributed by atoms with Crippen molar-refractivity contribution >= 4 is 16.0 Å². The number of carboxylic acid groups (broad SMARTS) is 1. The quantitative estimate of drug-likeness (QED) is 0.768. The number of rotatable bonds is 6. The first kappa shape index (κ1) is 16.0. The van der Waals surface area contributed by atoms with Crippen LogP contribution in [0.2, 0.25) is 0 Å². The van der Waals surface area contributed by atoms with Crippen molar-refractivity contribution in [2.45, 2.75) is 24.8 Å². The van der Waals surface area contributed by atoms with Crippen molar-refractivity contribution in [1.82, 2.24) is 24.9 Å². The van der Waals surface area contributed by atoms with Crippen molar-refractivity contribution in [3.63, 3.8) is 0 Å². The summed E-state index contributed by atoms with van der Waals surface area (Å²) in [6.07, 6.45) is 1.33. The highest BCUT2D eigenvalue weighted by atomic mass is 32.2. The minimum absolute atomic E-state index is 0.0626. The Balaban J connectivity index is 2.34. The first-order chi connectivity index (χ1) is 10.3. The lowest BCUT2D eigenvalue weighted by Crippen LogP contribution is -2.44. The summed E-state index contributed by atoms with van der Waals surface area (Å²) in [5.74, 6) is -1.62. The number of hydrogen-bond acceptors (Lipinski definition) is 6. The molecule has 0 saturated carbocycles. The van der Waals surface area contributed by atoms with E-state index in [1.54, 1.807) is 19.9 Å². The lowest BCUT2D eigenvalue weighted by Gasteiger charge is -2.18. The number of aromatic nitrogens is 4. The first-order valence-electron chi connectivity index (χ1n) is 6.40. The molecule has 2 aromatic rings. The third-order valence-electron chi connectivity index (χ3n) is 2.96. The molecule has 118 valence electrons. The number of tetrazole rings is 1. The van der Waals surface area contributed by atoms with Gasteiger partial charge in [-0.25, -0.2) is 13.1 Å². The average Bonchev–Trinajstić information content (AvgIpc) is 2.98. The van der Waals surface area contributed by atoms with Gasteiger partial charge in [0.25, 0.3) is 0 Å². The summed E-state index contributed by atoms with van der Waals surface area (Å²) in [6.45, 7) is 3.25. The number of aliphatic carboxylic acids is 1. The lowest BCUT2D eigenvalue weighted by molar-refractivity contribution is -0.140. The number of carboxylic acids is 1. The SMILES string of the molecule is CC(C)[C@@H](NS(=O)(=O)c1cccc(-n2cnnn2)c1)C(=O)O. The molecule has 1 atom stereocenters. The molecule has 9 nitrogen and oxygen atoms in total. The maximum atomic E-state index is 12.3. The third-order valence-corrected chi connectivity index (χ3v) is 4.40. The van der Waals surface area contributed by atoms with Gasteiger partial charge in [0.2, 0.25) is 10.0 Å². The maximum absolute atomic E-state index is 12.3. The highest BCUT2D eigenvalue weighted by Crippen LogP contribution is 2.15. The molecule has 2 N–H and O–H groups in total. The summed E-state index contributed by atoms with van der Waals surface area (Å²) in [5.41, 5.74) is 0.448. The Morgan fingerprint density at radius 1 is 1.36 bits per heavy atom. The Bertz CT molecular complexity index is 758. The topological polar surface area (TPSA) is 127 Å². The van der Waals surface area contributed by atoms with E-state index in [1.165, 1.54) is 29.2 Å². The molecule has 0 saturated heterocycles. The van der Waals surface area contributed by atoms with Crippen LogP contribution in [0.1, 0.15) is 13.8 Å². The number of nitrogens with one attached hydrogen (secondary N) is 1. The zero-order valence-corrected chi connectivity index (χ0v) is 12.7. The van der Waals surface area contributed by atoms with Crippen molar-refractivity contribution < 1.29 is 18.3 Å². The molecule has 0 amide bonds. The fraction of sp³-hybridized carbons (Fsp3) is 0.333. The van der Waals surface area contributed by atoms with Crippen LogP contribution in [0, 0.1) is 5.92 Å². The van der Waals surface area contributed by atoms with Crippen molar-refractivity contribution in [3.8, 4) is 5.69 Å². The van der Waals surface area contributed by atoms with Gasteiger partial charge in [-0.05, 0) is 34.5 Å². The zero-order chi connectivity index (χ0) is 16.3. The van der Waals surface area contributed by atoms with Crippen LogP contribution >= 0.6 is 0 Å². The normalized spacial score (nSPS) is 13.2. The second-order valence-electron chi connectivity index (χ2n) is 4.93. The van der Waals surface area contributed by atoms with Crippen LogP contribution in [0.25, 0.3) is 5.69 Å². The van der Waals surface area contributed by atoms with Gasteiger partial charge in [-0.3, -0.25) is 4.79 Å². The fourth-order valence-corrected chi connectivity index (χ4v) is 3.16. The number of nitrogens with zero attached hydrogens (tertiary/aromatic N) is 4. The highest BCUT2D eigenvalue weighted by molar-refractivity contribution is 7.89. The van der Waals surface area contributed by atoms with Gasteiger partial charge < -0.3 is 5.11 Å². The Labute approximate surface area is 127 Å². The number of hydrogen-bond donors (Lipinski definition) is 2. The van der Waals surface area contributed by atoms with Gasteiger partial charge in [0.15, 0.2) is 0 Å². The molecule has 0 unspecified atom stereocenters. The molecular formula is C12H15N5O4S. The number of carbonyl (C=O) groups is 1. The van der Waals surface area contributed by atoms with E-state index in [4.69, 9.17) is 5.11 Å². The summed E-state index contributed by atoms with van der Waals surface area (Å²) >= 11 is 0. The summed E-state index contributed by atoms with van der Waals surface area (Å²) in [4.78, 5) is 11.1. The molecule has 1 heterocycles. The number of benzene rings is 1. The molecule has 0 aliphatic carbocycles. The van der Waals surface area contributed by atoms with Crippen molar-refractivity contribution in [3.05, 3.63) is 30.6 Å². The molecule has 0 spiro atoms. The third kappa shape index (κ3) is 3.46. The predicted molar refractivity (Wildman–Crippen MR) is 75.7 cm³/mol. The summed E-state index contributed by atoms with van der Waals surface area (Å²) < 4.78 is 28.2. The van der Waals surface area contributed by atoms with Gasteiger partial charge in [0, 0.05) is 0 Å². The fourth-order valence-electron chi connectivity index (χ4n) is 1.78. The largest absolute Gasteiger partial charge is 0.480 e. The van der Waals surface area contributed by atoms with E-state index in [1.807, 2.05) is 0 Å². The molecule has 0 aliphatic rings. The molecule has 10 heteroatoms. The second-order valence-corrected chi connectivity index (χ2v) is 6.65. The van der Waals surface area contributed by atoms with E-state index in [-0.39, 0.29) is 4.90 Å². The Hall–Kier alpha value is -2.33. The minimum atomic E-state index is -3.98. The van der Waals surface area contributed by atoms with Crippen molar-refractivity contribution in [2.75, 3.05) is 0 Å². The molecule has 1 aromatic carbocycles. The van der Waals surface area contributed by atoms with Crippen LogP contribution in [0.5, 0.6) is 0 Å². The molecule has 0 fully saturated rings. The van der Waals surface area contributed by atoms with Gasteiger partial charge in [-0.2, -0.15) is 4.72 Å². The Kier molecular flexibility index (Phi) is 4.52. The Morgan fingerprint density at radius 3 is 2.64 bits per heavy atom. The molecule has 22 heavy (non-hydrogen) atoms. The highest BCUT2D eigenvalue weighted by Gasteiger charge is 2.28. The molecular weight excluding hydrogens is 310 g/mol. The van der Waals surface area contributed by atoms with Crippen LogP contribution in [0.15, 0.2) is 35.5 Å². The standard InChI is InChI=1S/C12H15N5O4S/c1-8(2)11(12(18)19)14-22(20,21)10-5-3-4-9(6-10)17-7-13-15-16-17/h3-8,11,14H,1-2H3,(H,18,19)/t11-/m1/s1. The average molecular weight is 325 g/mol. The van der Waals surface area contributed by atoms with E-state index >= 15 is 0 Å². The molecule has 2 rings (SSSR count). The summed E-state index contributed by atoms with van der Waals surface area (Å²) in [5, 5.41) is 19.7. The second kappa shape index (κ2) is 6.20. The van der Waals surface area contributed by atoms with Crippen LogP contribution in [-0.4, -0.2) is 45.7 Å². The molecule has 0 aliphatic heterocycles. The predicted octanol–water partition coefficient (Wildman–Crippen LogP) is 0.0498. The monoisotopic (exact) mass is 325 g/mol. The van der Waals surface area contributed by atoms with E-state index in [2.05, 4.69) is 20.2 Å².